The van der Waals surface area contributed by atoms with Crippen LogP contribution in [0.4, 0.5) is 19.2 Å². The number of aliphatic hydroxyl groups excluding tert-OH is 1. The number of piperidine rings is 1. The number of anilines is 1. The molecule has 7 nitrogen and oxygen atoms in total. The van der Waals surface area contributed by atoms with Crippen LogP contribution in [0.1, 0.15) is 25.0 Å². The quantitative estimate of drug-likeness (QED) is 0.590. The van der Waals surface area contributed by atoms with Gasteiger partial charge in [0.15, 0.2) is 11.7 Å². The Morgan fingerprint density at radius 1 is 1.35 bits per heavy atom. The zero-order chi connectivity index (χ0) is 21.8. The average molecular weight is 454 g/mol. The minimum Gasteiger partial charge on any atom is -0.423 e. The van der Waals surface area contributed by atoms with Gasteiger partial charge in [0.1, 0.15) is 10.5 Å². The van der Waals surface area contributed by atoms with Gasteiger partial charge in [0.25, 0.3) is 6.01 Å². The normalized spacial score (nSPS) is 23.1. The maximum atomic E-state index is 13.9. The number of piperazine rings is 1. The summed E-state index contributed by atoms with van der Waals surface area (Å²) in [6, 6.07) is 3.90. The van der Waals surface area contributed by atoms with Gasteiger partial charge < -0.3 is 24.5 Å². The van der Waals surface area contributed by atoms with E-state index in [4.69, 9.17) is 9.15 Å². The molecule has 3 fully saturated rings. The molecule has 0 amide bonds. The molecule has 0 spiro atoms. The summed E-state index contributed by atoms with van der Waals surface area (Å²) in [6.07, 6.45) is -5.24. The first kappa shape index (κ1) is 20.7. The van der Waals surface area contributed by atoms with Gasteiger partial charge in [-0.1, -0.05) is 6.07 Å². The van der Waals surface area contributed by atoms with Crippen LogP contribution in [0.2, 0.25) is 0 Å². The van der Waals surface area contributed by atoms with Crippen molar-refractivity contribution in [1.82, 2.24) is 15.3 Å². The van der Waals surface area contributed by atoms with Crippen LogP contribution in [0.15, 0.2) is 28.1 Å². The fourth-order valence-electron chi connectivity index (χ4n) is 4.15. The van der Waals surface area contributed by atoms with Gasteiger partial charge in [-0.15, -0.1) is 11.3 Å². The number of rotatable bonds is 6. The highest BCUT2D eigenvalue weighted by Crippen LogP contribution is 2.43. The van der Waals surface area contributed by atoms with Crippen LogP contribution in [-0.4, -0.2) is 59.1 Å². The van der Waals surface area contributed by atoms with Gasteiger partial charge >= 0.3 is 6.18 Å². The second-order valence-corrected chi connectivity index (χ2v) is 8.91. The summed E-state index contributed by atoms with van der Waals surface area (Å²) in [5.74, 6) is 0. The van der Waals surface area contributed by atoms with Gasteiger partial charge in [-0.3, -0.25) is 0 Å². The van der Waals surface area contributed by atoms with Crippen LogP contribution >= 0.6 is 11.3 Å². The van der Waals surface area contributed by atoms with Crippen LogP contribution in [0.3, 0.4) is 0 Å². The van der Waals surface area contributed by atoms with Crippen molar-refractivity contribution in [2.45, 2.75) is 43.8 Å². The van der Waals surface area contributed by atoms with Crippen molar-refractivity contribution in [3.63, 3.8) is 0 Å². The van der Waals surface area contributed by atoms with Gasteiger partial charge in [-0.25, -0.2) is 4.98 Å². The van der Waals surface area contributed by atoms with E-state index in [0.29, 0.717) is 41.8 Å². The molecule has 2 bridgehead atoms. The van der Waals surface area contributed by atoms with Gasteiger partial charge in [0, 0.05) is 42.3 Å². The number of benzene rings is 1. The summed E-state index contributed by atoms with van der Waals surface area (Å²) in [7, 11) is 0. The van der Waals surface area contributed by atoms with Crippen LogP contribution < -0.4 is 10.2 Å². The molecule has 4 atom stereocenters. The molecule has 3 saturated heterocycles. The molecule has 6 rings (SSSR count). The van der Waals surface area contributed by atoms with Crippen LogP contribution in [0, 0.1) is 0 Å². The van der Waals surface area contributed by atoms with E-state index >= 15 is 0 Å². The average Bonchev–Trinajstić information content (AvgIpc) is 3.37. The lowest BCUT2D eigenvalue weighted by atomic mass is 9.92. The van der Waals surface area contributed by atoms with E-state index in [2.05, 4.69) is 15.3 Å². The number of fused-ring (bicyclic) bond motifs is 3. The first-order valence-electron chi connectivity index (χ1n) is 10.00. The van der Waals surface area contributed by atoms with Crippen molar-refractivity contribution in [3.05, 3.63) is 29.3 Å². The number of ether oxygens (including phenoxy) is 1. The lowest BCUT2D eigenvalue weighted by Gasteiger charge is -2.47. The summed E-state index contributed by atoms with van der Waals surface area (Å²) in [5, 5.41) is 15.3. The molecular weight excluding hydrogens is 433 g/mol. The standard InChI is InChI=1S/C20H21F3N4O3S/c1-10(28)9-29-17(20(21,22)23)13-2-3-14(18-24-4-5-31-18)16-15(13)26-19(30-16)27-7-11-6-12(8-27)25-11/h2-5,10-12,17,25,28H,6-9H2,1H3. The molecule has 0 aliphatic carbocycles. The predicted octanol–water partition coefficient (Wildman–Crippen LogP) is 3.50. The fraction of sp³-hybridized carbons (Fsp3) is 0.500. The van der Waals surface area contributed by atoms with Crippen molar-refractivity contribution < 1.29 is 27.4 Å². The van der Waals surface area contributed by atoms with Crippen molar-refractivity contribution in [3.8, 4) is 10.6 Å². The van der Waals surface area contributed by atoms with Gasteiger partial charge in [-0.05, 0) is 19.4 Å². The van der Waals surface area contributed by atoms with E-state index in [1.165, 1.54) is 24.3 Å². The number of halogens is 3. The van der Waals surface area contributed by atoms with E-state index in [9.17, 15) is 18.3 Å². The highest BCUT2D eigenvalue weighted by Gasteiger charge is 2.44. The minimum absolute atomic E-state index is 0.0998. The number of oxazole rings is 1. The molecule has 31 heavy (non-hydrogen) atoms. The molecule has 3 aliphatic heterocycles. The molecule has 1 aromatic carbocycles. The van der Waals surface area contributed by atoms with Gasteiger partial charge in [0.05, 0.1) is 18.3 Å². The molecule has 4 unspecified atom stereocenters. The Morgan fingerprint density at radius 2 is 2.10 bits per heavy atom. The van der Waals surface area contributed by atoms with Crippen molar-refractivity contribution in [2.75, 3.05) is 24.6 Å². The zero-order valence-corrected chi connectivity index (χ0v) is 17.4. The monoisotopic (exact) mass is 454 g/mol. The number of hydrogen-bond donors (Lipinski definition) is 2. The summed E-state index contributed by atoms with van der Waals surface area (Å²) in [6.45, 7) is 2.29. The van der Waals surface area contributed by atoms with E-state index < -0.39 is 25.0 Å². The highest BCUT2D eigenvalue weighted by molar-refractivity contribution is 7.13. The third kappa shape index (κ3) is 3.91. The Morgan fingerprint density at radius 3 is 2.71 bits per heavy atom. The molecule has 0 radical (unpaired) electrons. The first-order valence-corrected chi connectivity index (χ1v) is 10.9. The summed E-state index contributed by atoms with van der Waals surface area (Å²) in [5.41, 5.74) is 0.801. The Bertz CT molecular complexity index is 1050. The third-order valence-electron chi connectivity index (χ3n) is 5.50. The summed E-state index contributed by atoms with van der Waals surface area (Å²) >= 11 is 1.37. The Balaban J connectivity index is 1.61. The highest BCUT2D eigenvalue weighted by atomic mass is 32.1. The molecule has 11 heteroatoms. The van der Waals surface area contributed by atoms with Crippen LogP contribution in [0.25, 0.3) is 21.7 Å². The van der Waals surface area contributed by atoms with E-state index in [1.807, 2.05) is 4.90 Å². The number of hydrogen-bond acceptors (Lipinski definition) is 8. The number of nitrogens with zero attached hydrogens (tertiary/aromatic N) is 3. The van der Waals surface area contributed by atoms with Crippen LogP contribution in [0.5, 0.6) is 0 Å². The maximum Gasteiger partial charge on any atom is 0.418 e. The van der Waals surface area contributed by atoms with Crippen LogP contribution in [-0.2, 0) is 4.74 Å². The lowest BCUT2D eigenvalue weighted by molar-refractivity contribution is -0.228. The second kappa shape index (κ2) is 7.73. The first-order chi connectivity index (χ1) is 14.8. The summed E-state index contributed by atoms with van der Waals surface area (Å²) in [4.78, 5) is 10.7. The predicted molar refractivity (Wildman–Crippen MR) is 109 cm³/mol. The van der Waals surface area contributed by atoms with Crippen molar-refractivity contribution >= 4 is 28.5 Å². The number of aromatic nitrogens is 2. The Labute approximate surface area is 179 Å². The number of nitrogens with one attached hydrogen (secondary N) is 1. The molecule has 0 saturated carbocycles. The molecule has 2 N–H and O–H groups in total. The smallest absolute Gasteiger partial charge is 0.418 e. The fourth-order valence-corrected chi connectivity index (χ4v) is 4.81. The van der Waals surface area contributed by atoms with Crippen molar-refractivity contribution in [1.29, 1.82) is 0 Å². The SMILES string of the molecule is CC(O)COC(c1ccc(-c2nccs2)c2oc(N3CC4CC(C3)N4)nc12)C(F)(F)F. The Kier molecular flexibility index (Phi) is 5.16. The third-order valence-corrected chi connectivity index (χ3v) is 6.31. The maximum absolute atomic E-state index is 13.9. The molecule has 166 valence electrons. The topological polar surface area (TPSA) is 83.7 Å². The van der Waals surface area contributed by atoms with Gasteiger partial charge in [-0.2, -0.15) is 18.2 Å². The molecule has 3 aromatic rings. The Hall–Kier alpha value is -2.21. The number of thiazole rings is 1. The lowest BCUT2D eigenvalue weighted by Crippen LogP contribution is -2.67. The number of aliphatic hydroxyl groups is 1. The minimum atomic E-state index is -4.68. The molecule has 3 aliphatic rings. The summed E-state index contributed by atoms with van der Waals surface area (Å²) < 4.78 is 52.8. The molecule has 5 heterocycles. The van der Waals surface area contributed by atoms with E-state index in [1.54, 1.807) is 17.6 Å². The molecule has 2 aromatic heterocycles. The zero-order valence-electron chi connectivity index (χ0n) is 16.6. The van der Waals surface area contributed by atoms with E-state index in [0.717, 1.165) is 6.42 Å². The second-order valence-electron chi connectivity index (χ2n) is 8.02. The van der Waals surface area contributed by atoms with Gasteiger partial charge in [0.2, 0.25) is 0 Å². The largest absolute Gasteiger partial charge is 0.423 e. The molecular formula is C20H21F3N4O3S. The number of alkyl halides is 3. The van der Waals surface area contributed by atoms with E-state index in [-0.39, 0.29) is 16.7 Å². The van der Waals surface area contributed by atoms with Crippen molar-refractivity contribution in [2.24, 2.45) is 0 Å².